The first-order chi connectivity index (χ1) is 9.13. The average Bonchev–Trinajstić information content (AvgIpc) is 2.37. The van der Waals surface area contributed by atoms with Crippen LogP contribution in [0.2, 0.25) is 0 Å². The van der Waals surface area contributed by atoms with Gasteiger partial charge in [0.25, 0.3) is 0 Å². The lowest BCUT2D eigenvalue weighted by Gasteiger charge is -2.07. The van der Waals surface area contributed by atoms with Crippen molar-refractivity contribution in [3.63, 3.8) is 0 Å². The maximum Gasteiger partial charge on any atom is 0.233 e. The SMILES string of the molecule is CCCCCNC(=O)CC(=O)Nc1ccccc1Br. The van der Waals surface area contributed by atoms with Gasteiger partial charge in [-0.25, -0.2) is 0 Å². The number of rotatable bonds is 7. The molecule has 5 heteroatoms. The minimum absolute atomic E-state index is 0.145. The molecule has 0 aliphatic heterocycles. The molecule has 0 saturated carbocycles. The quantitative estimate of drug-likeness (QED) is 0.597. The van der Waals surface area contributed by atoms with Crippen molar-refractivity contribution in [2.75, 3.05) is 11.9 Å². The van der Waals surface area contributed by atoms with E-state index in [0.717, 1.165) is 23.7 Å². The van der Waals surface area contributed by atoms with E-state index in [1.54, 1.807) is 6.07 Å². The van der Waals surface area contributed by atoms with Gasteiger partial charge in [-0.05, 0) is 34.5 Å². The smallest absolute Gasteiger partial charge is 0.233 e. The van der Waals surface area contributed by atoms with Crippen molar-refractivity contribution < 1.29 is 9.59 Å². The molecular formula is C14H19BrN2O2. The Morgan fingerprint density at radius 3 is 2.58 bits per heavy atom. The first-order valence-electron chi connectivity index (χ1n) is 6.44. The summed E-state index contributed by atoms with van der Waals surface area (Å²) < 4.78 is 0.798. The lowest BCUT2D eigenvalue weighted by Crippen LogP contribution is -2.28. The molecule has 1 aromatic rings. The van der Waals surface area contributed by atoms with Crippen LogP contribution in [-0.2, 0) is 9.59 Å². The van der Waals surface area contributed by atoms with Gasteiger partial charge in [0.05, 0.1) is 5.69 Å². The highest BCUT2D eigenvalue weighted by molar-refractivity contribution is 9.10. The number of halogens is 1. The van der Waals surface area contributed by atoms with Crippen molar-refractivity contribution in [1.82, 2.24) is 5.32 Å². The molecule has 19 heavy (non-hydrogen) atoms. The Bertz CT molecular complexity index is 435. The number of hydrogen-bond acceptors (Lipinski definition) is 2. The number of unbranched alkanes of at least 4 members (excludes halogenated alkanes) is 2. The number of nitrogens with one attached hydrogen (secondary N) is 2. The number of para-hydroxylation sites is 1. The third-order valence-electron chi connectivity index (χ3n) is 2.57. The molecule has 2 amide bonds. The van der Waals surface area contributed by atoms with E-state index in [4.69, 9.17) is 0 Å². The molecule has 104 valence electrons. The zero-order chi connectivity index (χ0) is 14.1. The second-order valence-electron chi connectivity index (χ2n) is 4.26. The van der Waals surface area contributed by atoms with E-state index in [1.165, 1.54) is 0 Å². The minimum Gasteiger partial charge on any atom is -0.356 e. The fourth-order valence-electron chi connectivity index (χ4n) is 1.57. The number of carbonyl (C=O) groups excluding carboxylic acids is 2. The van der Waals surface area contributed by atoms with Crippen LogP contribution >= 0.6 is 15.9 Å². The van der Waals surface area contributed by atoms with Crippen LogP contribution in [0.1, 0.15) is 32.6 Å². The van der Waals surface area contributed by atoms with Crippen LogP contribution in [0, 0.1) is 0 Å². The fourth-order valence-corrected chi connectivity index (χ4v) is 1.95. The van der Waals surface area contributed by atoms with Crippen LogP contribution < -0.4 is 10.6 Å². The van der Waals surface area contributed by atoms with Crippen molar-refractivity contribution in [2.45, 2.75) is 32.6 Å². The Morgan fingerprint density at radius 1 is 1.16 bits per heavy atom. The Balaban J connectivity index is 2.31. The van der Waals surface area contributed by atoms with E-state index in [1.807, 2.05) is 18.2 Å². The number of amides is 2. The molecule has 0 aliphatic carbocycles. The minimum atomic E-state index is -0.306. The Kier molecular flexibility index (Phi) is 7.18. The standard InChI is InChI=1S/C14H19BrN2O2/c1-2-3-6-9-16-13(18)10-14(19)17-12-8-5-4-7-11(12)15/h4-5,7-8H,2-3,6,9-10H2,1H3,(H,16,18)(H,17,19). The van der Waals surface area contributed by atoms with E-state index < -0.39 is 0 Å². The lowest BCUT2D eigenvalue weighted by atomic mass is 10.2. The van der Waals surface area contributed by atoms with Crippen molar-refractivity contribution in [2.24, 2.45) is 0 Å². The number of benzene rings is 1. The Morgan fingerprint density at radius 2 is 1.89 bits per heavy atom. The number of anilines is 1. The van der Waals surface area contributed by atoms with Crippen LogP contribution in [0.4, 0.5) is 5.69 Å². The molecule has 0 aromatic heterocycles. The Labute approximate surface area is 122 Å². The molecule has 0 saturated heterocycles. The van der Waals surface area contributed by atoms with Gasteiger partial charge in [0.15, 0.2) is 0 Å². The zero-order valence-electron chi connectivity index (χ0n) is 11.0. The van der Waals surface area contributed by atoms with Crippen molar-refractivity contribution in [3.05, 3.63) is 28.7 Å². The van der Waals surface area contributed by atoms with Gasteiger partial charge in [-0.1, -0.05) is 31.9 Å². The summed E-state index contributed by atoms with van der Waals surface area (Å²) in [5.74, 6) is -0.541. The third kappa shape index (κ3) is 6.38. The Hall–Kier alpha value is -1.36. The molecule has 1 aromatic carbocycles. The summed E-state index contributed by atoms with van der Waals surface area (Å²) in [5.41, 5.74) is 0.672. The molecule has 0 aliphatic rings. The second kappa shape index (κ2) is 8.69. The van der Waals surface area contributed by atoms with E-state index in [9.17, 15) is 9.59 Å². The zero-order valence-corrected chi connectivity index (χ0v) is 12.6. The summed E-state index contributed by atoms with van der Waals surface area (Å²) in [5, 5.41) is 5.43. The maximum atomic E-state index is 11.7. The molecule has 0 atom stereocenters. The third-order valence-corrected chi connectivity index (χ3v) is 3.26. The van der Waals surface area contributed by atoms with Crippen LogP contribution in [0.25, 0.3) is 0 Å². The molecule has 0 fully saturated rings. The predicted molar refractivity (Wildman–Crippen MR) is 79.9 cm³/mol. The molecular weight excluding hydrogens is 308 g/mol. The summed E-state index contributed by atoms with van der Waals surface area (Å²) in [6, 6.07) is 7.30. The largest absolute Gasteiger partial charge is 0.356 e. The van der Waals surface area contributed by atoms with Crippen molar-refractivity contribution in [1.29, 1.82) is 0 Å². The van der Waals surface area contributed by atoms with E-state index in [0.29, 0.717) is 12.2 Å². The maximum absolute atomic E-state index is 11.7. The van der Waals surface area contributed by atoms with Gasteiger partial charge >= 0.3 is 0 Å². The predicted octanol–water partition coefficient (Wildman–Crippen LogP) is 3.08. The van der Waals surface area contributed by atoms with Crippen molar-refractivity contribution >= 4 is 33.4 Å². The van der Waals surface area contributed by atoms with Crippen LogP contribution in [0.3, 0.4) is 0 Å². The van der Waals surface area contributed by atoms with Crippen molar-refractivity contribution in [3.8, 4) is 0 Å². The molecule has 0 radical (unpaired) electrons. The van der Waals surface area contributed by atoms with Crippen LogP contribution in [-0.4, -0.2) is 18.4 Å². The highest BCUT2D eigenvalue weighted by atomic mass is 79.9. The van der Waals surface area contributed by atoms with E-state index >= 15 is 0 Å². The van der Waals surface area contributed by atoms with Crippen LogP contribution in [0.15, 0.2) is 28.7 Å². The molecule has 2 N–H and O–H groups in total. The molecule has 0 spiro atoms. The molecule has 4 nitrogen and oxygen atoms in total. The molecule has 0 heterocycles. The summed E-state index contributed by atoms with van der Waals surface area (Å²) in [6.07, 6.45) is 3.00. The summed E-state index contributed by atoms with van der Waals surface area (Å²) in [4.78, 5) is 23.2. The van der Waals surface area contributed by atoms with Gasteiger partial charge in [0, 0.05) is 11.0 Å². The topological polar surface area (TPSA) is 58.2 Å². The first kappa shape index (κ1) is 15.7. The number of hydrogen-bond donors (Lipinski definition) is 2. The average molecular weight is 327 g/mol. The van der Waals surface area contributed by atoms with Gasteiger partial charge in [-0.2, -0.15) is 0 Å². The van der Waals surface area contributed by atoms with Gasteiger partial charge in [0.2, 0.25) is 11.8 Å². The normalized spacial score (nSPS) is 10.0. The molecule has 1 rings (SSSR count). The molecule has 0 unspecified atom stereocenters. The number of carbonyl (C=O) groups is 2. The summed E-state index contributed by atoms with van der Waals surface area (Å²) in [7, 11) is 0. The lowest BCUT2D eigenvalue weighted by molar-refractivity contribution is -0.126. The van der Waals surface area contributed by atoms with Gasteiger partial charge < -0.3 is 10.6 Å². The van der Waals surface area contributed by atoms with Crippen LogP contribution in [0.5, 0.6) is 0 Å². The van der Waals surface area contributed by atoms with E-state index in [2.05, 4.69) is 33.5 Å². The highest BCUT2D eigenvalue weighted by Gasteiger charge is 2.10. The second-order valence-corrected chi connectivity index (χ2v) is 5.12. The summed E-state index contributed by atoms with van der Waals surface area (Å²) >= 11 is 3.33. The summed E-state index contributed by atoms with van der Waals surface area (Å²) in [6.45, 7) is 2.74. The first-order valence-corrected chi connectivity index (χ1v) is 7.24. The van der Waals surface area contributed by atoms with Gasteiger partial charge in [0.1, 0.15) is 6.42 Å². The highest BCUT2D eigenvalue weighted by Crippen LogP contribution is 2.21. The molecule has 0 bridgehead atoms. The van der Waals surface area contributed by atoms with E-state index in [-0.39, 0.29) is 18.2 Å². The van der Waals surface area contributed by atoms with Gasteiger partial charge in [-0.15, -0.1) is 0 Å². The monoisotopic (exact) mass is 326 g/mol. The fraction of sp³-hybridized carbons (Fsp3) is 0.429. The van der Waals surface area contributed by atoms with Gasteiger partial charge in [-0.3, -0.25) is 9.59 Å².